The Morgan fingerprint density at radius 3 is 2.56 bits per heavy atom. The molecular weight excluding hydrogens is 242 g/mol. The van der Waals surface area contributed by atoms with Gasteiger partial charge in [-0.05, 0) is 69.0 Å². The van der Waals surface area contributed by atoms with E-state index >= 15 is 0 Å². The van der Waals surface area contributed by atoms with Crippen LogP contribution in [0.5, 0.6) is 0 Å². The third kappa shape index (κ3) is 5.42. The first-order valence-corrected chi connectivity index (χ1v) is 7.56. The molecule has 1 atom stereocenters. The van der Waals surface area contributed by atoms with Crippen LogP contribution in [-0.2, 0) is 0 Å². The second-order valence-corrected chi connectivity index (χ2v) is 6.42. The third-order valence-electron chi connectivity index (χ3n) is 3.30. The van der Waals surface area contributed by atoms with Crippen molar-refractivity contribution in [1.82, 2.24) is 0 Å². The maximum atomic E-state index is 9.77. The fraction of sp³-hybridized carbons (Fsp3) is 0.600. The molecule has 0 aliphatic heterocycles. The molecular formula is C15H25NOS. The maximum Gasteiger partial charge on any atom is 0.0741 e. The molecule has 0 aliphatic rings. The van der Waals surface area contributed by atoms with E-state index in [1.165, 1.54) is 16.0 Å². The summed E-state index contributed by atoms with van der Waals surface area (Å²) in [4.78, 5) is 1.34. The second-order valence-electron chi connectivity index (χ2n) is 5.25. The van der Waals surface area contributed by atoms with Crippen molar-refractivity contribution in [3.63, 3.8) is 0 Å². The molecule has 1 rings (SSSR count). The fourth-order valence-corrected chi connectivity index (χ4v) is 2.71. The monoisotopic (exact) mass is 267 g/mol. The first kappa shape index (κ1) is 15.5. The van der Waals surface area contributed by atoms with E-state index in [1.807, 2.05) is 18.7 Å². The van der Waals surface area contributed by atoms with Crippen LogP contribution in [-0.4, -0.2) is 23.0 Å². The van der Waals surface area contributed by atoms with E-state index in [4.69, 9.17) is 5.73 Å². The van der Waals surface area contributed by atoms with E-state index in [9.17, 15) is 5.11 Å². The molecule has 0 spiro atoms. The average molecular weight is 267 g/mol. The van der Waals surface area contributed by atoms with E-state index in [0.717, 1.165) is 25.0 Å². The Hall–Kier alpha value is -0.510. The zero-order valence-electron chi connectivity index (χ0n) is 11.7. The zero-order chi connectivity index (χ0) is 13.6. The standard InChI is InChI=1S/C15H25NOS/c1-12-6-7-14(10-13(12)2)18-9-5-4-8-15(3,17)11-16/h6-7,10,17H,4-5,8-9,11,16H2,1-3H3. The van der Waals surface area contributed by atoms with E-state index in [2.05, 4.69) is 32.0 Å². The Morgan fingerprint density at radius 2 is 1.94 bits per heavy atom. The molecule has 1 aromatic rings. The SMILES string of the molecule is Cc1ccc(SCCCCC(C)(O)CN)cc1C. The van der Waals surface area contributed by atoms with Crippen molar-refractivity contribution in [3.8, 4) is 0 Å². The van der Waals surface area contributed by atoms with E-state index < -0.39 is 5.60 Å². The van der Waals surface area contributed by atoms with E-state index in [1.54, 1.807) is 0 Å². The number of unbranched alkanes of at least 4 members (excludes halogenated alkanes) is 1. The van der Waals surface area contributed by atoms with E-state index in [-0.39, 0.29) is 0 Å². The predicted octanol–water partition coefficient (Wildman–Crippen LogP) is 3.28. The van der Waals surface area contributed by atoms with Crippen molar-refractivity contribution in [2.75, 3.05) is 12.3 Å². The number of aryl methyl sites for hydroxylation is 2. The second kappa shape index (κ2) is 7.17. The largest absolute Gasteiger partial charge is 0.389 e. The van der Waals surface area contributed by atoms with Gasteiger partial charge in [-0.2, -0.15) is 0 Å². The van der Waals surface area contributed by atoms with Crippen LogP contribution in [0, 0.1) is 13.8 Å². The molecule has 0 fully saturated rings. The number of aliphatic hydroxyl groups is 1. The molecule has 0 amide bonds. The van der Waals surface area contributed by atoms with Crippen molar-refractivity contribution in [2.24, 2.45) is 5.73 Å². The Balaban J connectivity index is 2.24. The molecule has 102 valence electrons. The van der Waals surface area contributed by atoms with Gasteiger partial charge in [0, 0.05) is 11.4 Å². The highest BCUT2D eigenvalue weighted by Crippen LogP contribution is 2.23. The lowest BCUT2D eigenvalue weighted by atomic mass is 10.00. The molecule has 0 aliphatic carbocycles. The van der Waals surface area contributed by atoms with Crippen LogP contribution in [0.1, 0.15) is 37.3 Å². The molecule has 18 heavy (non-hydrogen) atoms. The molecule has 1 aromatic carbocycles. The molecule has 0 bridgehead atoms. The number of benzene rings is 1. The van der Waals surface area contributed by atoms with E-state index in [0.29, 0.717) is 6.54 Å². The van der Waals surface area contributed by atoms with Gasteiger partial charge in [0.2, 0.25) is 0 Å². The summed E-state index contributed by atoms with van der Waals surface area (Å²) < 4.78 is 0. The zero-order valence-corrected chi connectivity index (χ0v) is 12.5. The lowest BCUT2D eigenvalue weighted by molar-refractivity contribution is 0.0577. The van der Waals surface area contributed by atoms with Crippen molar-refractivity contribution in [1.29, 1.82) is 0 Å². The lowest BCUT2D eigenvalue weighted by Crippen LogP contribution is -2.33. The molecule has 3 heteroatoms. The molecule has 1 unspecified atom stereocenters. The Labute approximate surface area is 115 Å². The van der Waals surface area contributed by atoms with Crippen LogP contribution >= 0.6 is 11.8 Å². The van der Waals surface area contributed by atoms with Crippen LogP contribution in [0.15, 0.2) is 23.1 Å². The smallest absolute Gasteiger partial charge is 0.0741 e. The molecule has 3 N–H and O–H groups in total. The summed E-state index contributed by atoms with van der Waals surface area (Å²) in [7, 11) is 0. The van der Waals surface area contributed by atoms with Gasteiger partial charge in [0.25, 0.3) is 0 Å². The maximum absolute atomic E-state index is 9.77. The highest BCUT2D eigenvalue weighted by atomic mass is 32.2. The van der Waals surface area contributed by atoms with Gasteiger partial charge in [0.05, 0.1) is 5.60 Å². The first-order valence-electron chi connectivity index (χ1n) is 6.57. The number of hydrogen-bond acceptors (Lipinski definition) is 3. The van der Waals surface area contributed by atoms with Gasteiger partial charge >= 0.3 is 0 Å². The summed E-state index contributed by atoms with van der Waals surface area (Å²) in [5.74, 6) is 1.10. The molecule has 0 radical (unpaired) electrons. The molecule has 0 aromatic heterocycles. The van der Waals surface area contributed by atoms with Crippen molar-refractivity contribution in [3.05, 3.63) is 29.3 Å². The summed E-state index contributed by atoms with van der Waals surface area (Å²) in [6, 6.07) is 6.61. The van der Waals surface area contributed by atoms with Crippen molar-refractivity contribution < 1.29 is 5.11 Å². The minimum absolute atomic E-state index is 0.345. The summed E-state index contributed by atoms with van der Waals surface area (Å²) in [6.07, 6.45) is 2.94. The molecule has 0 heterocycles. The Morgan fingerprint density at radius 1 is 1.22 bits per heavy atom. The van der Waals surface area contributed by atoms with Gasteiger partial charge in [0.15, 0.2) is 0 Å². The van der Waals surface area contributed by atoms with Gasteiger partial charge in [-0.1, -0.05) is 6.07 Å². The summed E-state index contributed by atoms with van der Waals surface area (Å²) in [6.45, 7) is 6.44. The van der Waals surface area contributed by atoms with Crippen LogP contribution in [0.2, 0.25) is 0 Å². The Kier molecular flexibility index (Phi) is 6.19. The van der Waals surface area contributed by atoms with Crippen LogP contribution < -0.4 is 5.73 Å². The number of thioether (sulfide) groups is 1. The summed E-state index contributed by atoms with van der Waals surface area (Å²) in [5.41, 5.74) is 7.50. The predicted molar refractivity (Wildman–Crippen MR) is 80.2 cm³/mol. The topological polar surface area (TPSA) is 46.2 Å². The highest BCUT2D eigenvalue weighted by molar-refractivity contribution is 7.99. The van der Waals surface area contributed by atoms with Crippen molar-refractivity contribution >= 4 is 11.8 Å². The minimum Gasteiger partial charge on any atom is -0.389 e. The molecule has 2 nitrogen and oxygen atoms in total. The normalized spacial score (nSPS) is 14.5. The number of hydrogen-bond donors (Lipinski definition) is 2. The summed E-state index contributed by atoms with van der Waals surface area (Å²) in [5, 5.41) is 9.77. The summed E-state index contributed by atoms with van der Waals surface area (Å²) >= 11 is 1.89. The van der Waals surface area contributed by atoms with Gasteiger partial charge < -0.3 is 10.8 Å². The quantitative estimate of drug-likeness (QED) is 0.589. The van der Waals surface area contributed by atoms with Gasteiger partial charge in [-0.15, -0.1) is 11.8 Å². The lowest BCUT2D eigenvalue weighted by Gasteiger charge is -2.20. The van der Waals surface area contributed by atoms with Crippen LogP contribution in [0.25, 0.3) is 0 Å². The van der Waals surface area contributed by atoms with Gasteiger partial charge in [-0.3, -0.25) is 0 Å². The Bertz CT molecular complexity index is 377. The van der Waals surface area contributed by atoms with Crippen LogP contribution in [0.3, 0.4) is 0 Å². The third-order valence-corrected chi connectivity index (χ3v) is 4.38. The minimum atomic E-state index is -0.689. The molecule has 0 saturated carbocycles. The van der Waals surface area contributed by atoms with Gasteiger partial charge in [-0.25, -0.2) is 0 Å². The fourth-order valence-electron chi connectivity index (χ4n) is 1.70. The number of rotatable bonds is 7. The average Bonchev–Trinajstić information content (AvgIpc) is 2.33. The molecule has 0 saturated heterocycles. The number of nitrogens with two attached hydrogens (primary N) is 1. The van der Waals surface area contributed by atoms with Crippen molar-refractivity contribution in [2.45, 2.75) is 50.5 Å². The first-order chi connectivity index (χ1) is 8.44. The van der Waals surface area contributed by atoms with Gasteiger partial charge in [0.1, 0.15) is 0 Å². The highest BCUT2D eigenvalue weighted by Gasteiger charge is 2.16. The van der Waals surface area contributed by atoms with Crippen LogP contribution in [0.4, 0.5) is 0 Å².